The molecule has 4 N–H and O–H groups in total. The number of urea groups is 1. The molecule has 0 bridgehead atoms. The van der Waals surface area contributed by atoms with E-state index >= 15 is 0 Å². The van der Waals surface area contributed by atoms with E-state index in [-0.39, 0.29) is 0 Å². The lowest BCUT2D eigenvalue weighted by atomic mass is 9.91. The summed E-state index contributed by atoms with van der Waals surface area (Å²) in [5.74, 6) is -1.82. The number of imide groups is 1. The average Bonchev–Trinajstić information content (AvgIpc) is 2.63. The second-order valence-corrected chi connectivity index (χ2v) is 4.74. The molecule has 0 aromatic heterocycles. The maximum atomic E-state index is 12.3. The molecule has 1 aromatic carbocycles. The number of nitrogens with zero attached hydrogens (tertiary/aromatic N) is 1. The summed E-state index contributed by atoms with van der Waals surface area (Å²) in [6, 6.07) is 6.22. The van der Waals surface area contributed by atoms with Gasteiger partial charge in [0.25, 0.3) is 5.91 Å². The summed E-state index contributed by atoms with van der Waals surface area (Å²) < 4.78 is 0. The van der Waals surface area contributed by atoms with Crippen molar-refractivity contribution in [1.82, 2.24) is 10.2 Å². The predicted octanol–water partition coefficient (Wildman–Crippen LogP) is -0.00310. The molecule has 0 radical (unpaired) electrons. The molecule has 0 aliphatic carbocycles. The predicted molar refractivity (Wildman–Crippen MR) is 69.6 cm³/mol. The van der Waals surface area contributed by atoms with E-state index in [1.807, 2.05) is 0 Å². The van der Waals surface area contributed by atoms with E-state index in [2.05, 4.69) is 5.32 Å². The first kappa shape index (κ1) is 14.0. The Morgan fingerprint density at radius 1 is 1.35 bits per heavy atom. The molecule has 0 saturated carbocycles. The third kappa shape index (κ3) is 2.23. The van der Waals surface area contributed by atoms with Crippen molar-refractivity contribution in [1.29, 1.82) is 0 Å². The Morgan fingerprint density at radius 3 is 2.45 bits per heavy atom. The number of carbonyl (C=O) groups excluding carboxylic acids is 2. The maximum Gasteiger partial charge on any atom is 0.325 e. The standard InChI is InChI=1S/C13H15N3O4/c1-13(9-4-2-8(6-14)3-5-9)11(19)16(7-10(17)18)12(20)15-13/h2-5H,6-7,14H2,1H3,(H,15,20)(H,17,18). The van der Waals surface area contributed by atoms with Gasteiger partial charge in [0.05, 0.1) is 0 Å². The molecular weight excluding hydrogens is 262 g/mol. The molecule has 1 heterocycles. The van der Waals surface area contributed by atoms with Gasteiger partial charge in [0.15, 0.2) is 0 Å². The Kier molecular flexibility index (Phi) is 3.46. The van der Waals surface area contributed by atoms with Gasteiger partial charge in [0.1, 0.15) is 12.1 Å². The zero-order chi connectivity index (χ0) is 14.9. The molecule has 3 amide bonds. The van der Waals surface area contributed by atoms with Crippen LogP contribution < -0.4 is 11.1 Å². The summed E-state index contributed by atoms with van der Waals surface area (Å²) in [4.78, 5) is 35.4. The minimum atomic E-state index is -1.25. The molecule has 106 valence electrons. The Hall–Kier alpha value is -2.41. The molecule has 7 heteroatoms. The fraction of sp³-hybridized carbons (Fsp3) is 0.308. The van der Waals surface area contributed by atoms with Gasteiger partial charge in [-0.05, 0) is 18.1 Å². The van der Waals surface area contributed by atoms with Crippen LogP contribution in [0.4, 0.5) is 4.79 Å². The number of benzene rings is 1. The number of amides is 3. The zero-order valence-corrected chi connectivity index (χ0v) is 10.9. The number of rotatable bonds is 4. The minimum Gasteiger partial charge on any atom is -0.480 e. The molecule has 1 unspecified atom stereocenters. The Balaban J connectivity index is 2.32. The first-order chi connectivity index (χ1) is 9.38. The quantitative estimate of drug-likeness (QED) is 0.670. The monoisotopic (exact) mass is 277 g/mol. The van der Waals surface area contributed by atoms with Crippen molar-refractivity contribution in [3.63, 3.8) is 0 Å². The largest absolute Gasteiger partial charge is 0.480 e. The molecule has 7 nitrogen and oxygen atoms in total. The second kappa shape index (κ2) is 4.93. The highest BCUT2D eigenvalue weighted by molar-refractivity contribution is 6.08. The molecule has 1 aliphatic heterocycles. The lowest BCUT2D eigenvalue weighted by molar-refractivity contribution is -0.142. The van der Waals surface area contributed by atoms with E-state index in [1.54, 1.807) is 31.2 Å². The summed E-state index contributed by atoms with van der Waals surface area (Å²) in [6.45, 7) is 1.27. The summed E-state index contributed by atoms with van der Waals surface area (Å²) >= 11 is 0. The van der Waals surface area contributed by atoms with E-state index in [4.69, 9.17) is 10.8 Å². The molecule has 2 rings (SSSR count). The van der Waals surface area contributed by atoms with E-state index in [1.165, 1.54) is 0 Å². The van der Waals surface area contributed by atoms with Crippen LogP contribution in [0.2, 0.25) is 0 Å². The Morgan fingerprint density at radius 2 is 1.95 bits per heavy atom. The van der Waals surface area contributed by atoms with Crippen LogP contribution in [-0.4, -0.2) is 34.5 Å². The maximum absolute atomic E-state index is 12.3. The van der Waals surface area contributed by atoms with Crippen LogP contribution in [0.25, 0.3) is 0 Å². The summed E-state index contributed by atoms with van der Waals surface area (Å²) in [5.41, 5.74) is 5.74. The Bertz CT molecular complexity index is 569. The van der Waals surface area contributed by atoms with E-state index < -0.39 is 30.0 Å². The van der Waals surface area contributed by atoms with Crippen molar-refractivity contribution in [2.24, 2.45) is 5.73 Å². The minimum absolute atomic E-state index is 0.377. The number of carbonyl (C=O) groups is 3. The summed E-state index contributed by atoms with van der Waals surface area (Å²) in [5, 5.41) is 11.3. The number of carboxylic acids is 1. The number of nitrogens with two attached hydrogens (primary N) is 1. The third-order valence-corrected chi connectivity index (χ3v) is 3.34. The van der Waals surface area contributed by atoms with E-state index in [0.717, 1.165) is 5.56 Å². The van der Waals surface area contributed by atoms with Gasteiger partial charge in [-0.1, -0.05) is 24.3 Å². The normalized spacial score (nSPS) is 22.0. The van der Waals surface area contributed by atoms with Crippen molar-refractivity contribution in [3.8, 4) is 0 Å². The van der Waals surface area contributed by atoms with Crippen LogP contribution in [0.5, 0.6) is 0 Å². The molecule has 1 aromatic rings. The highest BCUT2D eigenvalue weighted by Crippen LogP contribution is 2.28. The molecule has 1 fully saturated rings. The van der Waals surface area contributed by atoms with Gasteiger partial charge in [-0.15, -0.1) is 0 Å². The van der Waals surface area contributed by atoms with Gasteiger partial charge in [0, 0.05) is 6.54 Å². The third-order valence-electron chi connectivity index (χ3n) is 3.34. The van der Waals surface area contributed by atoms with Crippen molar-refractivity contribution in [2.75, 3.05) is 6.54 Å². The summed E-state index contributed by atoms with van der Waals surface area (Å²) in [7, 11) is 0. The Labute approximate surface area is 115 Å². The van der Waals surface area contributed by atoms with Gasteiger partial charge < -0.3 is 16.2 Å². The van der Waals surface area contributed by atoms with Gasteiger partial charge in [-0.3, -0.25) is 14.5 Å². The van der Waals surface area contributed by atoms with Crippen LogP contribution in [0.15, 0.2) is 24.3 Å². The number of nitrogens with one attached hydrogen (secondary N) is 1. The number of carboxylic acid groups (broad SMARTS) is 1. The van der Waals surface area contributed by atoms with Crippen LogP contribution in [0, 0.1) is 0 Å². The fourth-order valence-corrected chi connectivity index (χ4v) is 2.15. The first-order valence-electron chi connectivity index (χ1n) is 6.04. The van der Waals surface area contributed by atoms with Gasteiger partial charge >= 0.3 is 12.0 Å². The van der Waals surface area contributed by atoms with E-state index in [9.17, 15) is 14.4 Å². The van der Waals surface area contributed by atoms with Gasteiger partial charge in [-0.25, -0.2) is 4.79 Å². The number of hydrogen-bond donors (Lipinski definition) is 3. The van der Waals surface area contributed by atoms with Gasteiger partial charge in [0.2, 0.25) is 0 Å². The molecule has 1 saturated heterocycles. The van der Waals surface area contributed by atoms with E-state index in [0.29, 0.717) is 17.0 Å². The molecule has 1 atom stereocenters. The summed E-state index contributed by atoms with van der Waals surface area (Å²) in [6.07, 6.45) is 0. The van der Waals surface area contributed by atoms with Crippen molar-refractivity contribution >= 4 is 17.9 Å². The SMILES string of the molecule is CC1(c2ccc(CN)cc2)NC(=O)N(CC(=O)O)C1=O. The zero-order valence-electron chi connectivity index (χ0n) is 10.9. The van der Waals surface area contributed by atoms with Crippen molar-refractivity contribution in [2.45, 2.75) is 19.0 Å². The fourth-order valence-electron chi connectivity index (χ4n) is 2.15. The van der Waals surface area contributed by atoms with Crippen molar-refractivity contribution < 1.29 is 19.5 Å². The molecular formula is C13H15N3O4. The van der Waals surface area contributed by atoms with Crippen LogP contribution in [0.1, 0.15) is 18.1 Å². The lowest BCUT2D eigenvalue weighted by Gasteiger charge is -2.22. The smallest absolute Gasteiger partial charge is 0.325 e. The van der Waals surface area contributed by atoms with Crippen LogP contribution >= 0.6 is 0 Å². The highest BCUT2D eigenvalue weighted by Gasteiger charge is 2.49. The number of aliphatic carboxylic acids is 1. The highest BCUT2D eigenvalue weighted by atomic mass is 16.4. The number of hydrogen-bond acceptors (Lipinski definition) is 4. The van der Waals surface area contributed by atoms with Crippen LogP contribution in [0.3, 0.4) is 0 Å². The second-order valence-electron chi connectivity index (χ2n) is 4.74. The first-order valence-corrected chi connectivity index (χ1v) is 6.04. The molecule has 20 heavy (non-hydrogen) atoms. The average molecular weight is 277 g/mol. The topological polar surface area (TPSA) is 113 Å². The van der Waals surface area contributed by atoms with Crippen molar-refractivity contribution in [3.05, 3.63) is 35.4 Å². The lowest BCUT2D eigenvalue weighted by Crippen LogP contribution is -2.41. The van der Waals surface area contributed by atoms with Crippen LogP contribution in [-0.2, 0) is 21.7 Å². The molecule has 1 aliphatic rings. The molecule has 0 spiro atoms. The van der Waals surface area contributed by atoms with Gasteiger partial charge in [-0.2, -0.15) is 0 Å².